The lowest BCUT2D eigenvalue weighted by Gasteiger charge is -2.14. The average molecular weight is 332 g/mol. The Morgan fingerprint density at radius 3 is 2.28 bits per heavy atom. The van der Waals surface area contributed by atoms with Gasteiger partial charge in [0.15, 0.2) is 0 Å². The van der Waals surface area contributed by atoms with E-state index in [4.69, 9.17) is 4.74 Å². The highest BCUT2D eigenvalue weighted by Crippen LogP contribution is 2.35. The average Bonchev–Trinajstić information content (AvgIpc) is 2.88. The van der Waals surface area contributed by atoms with E-state index in [-0.39, 0.29) is 11.8 Å². The van der Waals surface area contributed by atoms with E-state index in [9.17, 15) is 9.59 Å². The number of pyridine rings is 1. The third-order valence-electron chi connectivity index (χ3n) is 4.49. The molecular weight excluding hydrogens is 316 g/mol. The fourth-order valence-corrected chi connectivity index (χ4v) is 3.27. The maximum atomic E-state index is 13.1. The number of ether oxygens (including phenoxy) is 1. The topological polar surface area (TPSA) is 59.5 Å². The van der Waals surface area contributed by atoms with Crippen LogP contribution in [0.1, 0.15) is 32.0 Å². The first-order valence-electron chi connectivity index (χ1n) is 7.95. The molecule has 3 aromatic rings. The summed E-state index contributed by atoms with van der Waals surface area (Å²) in [6, 6.07) is 12.6. The zero-order valence-corrected chi connectivity index (χ0v) is 14.2. The first kappa shape index (κ1) is 15.3. The molecule has 1 aliphatic rings. The number of nitrogens with zero attached hydrogens (tertiary/aromatic N) is 2. The number of imide groups is 1. The van der Waals surface area contributed by atoms with Crippen molar-refractivity contribution in [2.45, 2.75) is 13.8 Å². The highest BCUT2D eigenvalue weighted by Gasteiger charge is 2.40. The van der Waals surface area contributed by atoms with Gasteiger partial charge in [-0.3, -0.25) is 14.6 Å². The van der Waals surface area contributed by atoms with E-state index in [1.807, 2.05) is 25.1 Å². The van der Waals surface area contributed by atoms with Crippen molar-refractivity contribution < 1.29 is 14.3 Å². The molecule has 5 nitrogen and oxygen atoms in total. The Morgan fingerprint density at radius 1 is 0.920 bits per heavy atom. The molecule has 0 fully saturated rings. The molecule has 0 spiro atoms. The molecule has 0 radical (unpaired) electrons. The summed E-state index contributed by atoms with van der Waals surface area (Å²) >= 11 is 0. The molecule has 0 saturated carbocycles. The standard InChI is InChI=1S/C20H16N2O3/c1-11-4-9-16-15(10-11)18-17(12(2)21-16)19(23)22(20(18)24)13-5-7-14(25-3)8-6-13/h4-10H,1-3H3. The molecule has 0 aliphatic carbocycles. The van der Waals surface area contributed by atoms with Crippen molar-refractivity contribution >= 4 is 28.4 Å². The first-order valence-corrected chi connectivity index (χ1v) is 7.95. The minimum Gasteiger partial charge on any atom is -0.497 e. The lowest BCUT2D eigenvalue weighted by molar-refractivity contribution is 0.0926. The van der Waals surface area contributed by atoms with E-state index in [0.29, 0.717) is 28.3 Å². The van der Waals surface area contributed by atoms with Crippen LogP contribution in [0.3, 0.4) is 0 Å². The van der Waals surface area contributed by atoms with Gasteiger partial charge < -0.3 is 4.74 Å². The molecular formula is C20H16N2O3. The van der Waals surface area contributed by atoms with Gasteiger partial charge in [-0.15, -0.1) is 0 Å². The zero-order chi connectivity index (χ0) is 17.7. The Kier molecular flexibility index (Phi) is 3.32. The van der Waals surface area contributed by atoms with Gasteiger partial charge in [0, 0.05) is 5.39 Å². The number of amides is 2. The second kappa shape index (κ2) is 5.41. The van der Waals surface area contributed by atoms with Crippen LogP contribution in [0.5, 0.6) is 5.75 Å². The molecule has 5 heteroatoms. The van der Waals surface area contributed by atoms with Gasteiger partial charge in [-0.25, -0.2) is 4.90 Å². The maximum Gasteiger partial charge on any atom is 0.268 e. The van der Waals surface area contributed by atoms with E-state index in [2.05, 4.69) is 4.98 Å². The van der Waals surface area contributed by atoms with Crippen molar-refractivity contribution in [1.29, 1.82) is 0 Å². The highest BCUT2D eigenvalue weighted by molar-refractivity contribution is 6.37. The predicted octanol–water partition coefficient (Wildman–Crippen LogP) is 3.66. The minimum absolute atomic E-state index is 0.314. The SMILES string of the molecule is COc1ccc(N2C(=O)c3c(C)nc4ccc(C)cc4c3C2=O)cc1. The van der Waals surface area contributed by atoms with Crippen LogP contribution >= 0.6 is 0 Å². The number of anilines is 1. The van der Waals surface area contributed by atoms with Crippen LogP contribution in [0.25, 0.3) is 10.9 Å². The molecule has 0 unspecified atom stereocenters. The van der Waals surface area contributed by atoms with Crippen LogP contribution in [0.4, 0.5) is 5.69 Å². The third kappa shape index (κ3) is 2.20. The van der Waals surface area contributed by atoms with Gasteiger partial charge >= 0.3 is 0 Å². The van der Waals surface area contributed by atoms with Gasteiger partial charge in [-0.2, -0.15) is 0 Å². The van der Waals surface area contributed by atoms with Crippen molar-refractivity contribution in [2.75, 3.05) is 12.0 Å². The van der Waals surface area contributed by atoms with E-state index in [1.165, 1.54) is 4.90 Å². The number of benzene rings is 2. The van der Waals surface area contributed by atoms with Crippen molar-refractivity contribution in [3.63, 3.8) is 0 Å². The van der Waals surface area contributed by atoms with Crippen LogP contribution in [-0.2, 0) is 0 Å². The Hall–Kier alpha value is -3.21. The molecule has 1 aliphatic heterocycles. The number of rotatable bonds is 2. The van der Waals surface area contributed by atoms with Crippen LogP contribution in [0.15, 0.2) is 42.5 Å². The molecule has 0 saturated heterocycles. The van der Waals surface area contributed by atoms with Crippen LogP contribution < -0.4 is 9.64 Å². The lowest BCUT2D eigenvalue weighted by Crippen LogP contribution is -2.29. The normalized spacial score (nSPS) is 13.5. The molecule has 0 atom stereocenters. The summed E-state index contributed by atoms with van der Waals surface area (Å²) in [7, 11) is 1.57. The number of hydrogen-bond donors (Lipinski definition) is 0. The van der Waals surface area contributed by atoms with Gasteiger partial charge in [-0.05, 0) is 50.2 Å². The van der Waals surface area contributed by atoms with E-state index < -0.39 is 0 Å². The molecule has 0 bridgehead atoms. The Morgan fingerprint density at radius 2 is 1.60 bits per heavy atom. The van der Waals surface area contributed by atoms with E-state index in [0.717, 1.165) is 16.5 Å². The Bertz CT molecular complexity index is 1040. The predicted molar refractivity (Wildman–Crippen MR) is 95.4 cm³/mol. The van der Waals surface area contributed by atoms with Gasteiger partial charge in [0.2, 0.25) is 0 Å². The van der Waals surface area contributed by atoms with Crippen molar-refractivity contribution in [3.05, 3.63) is 64.8 Å². The lowest BCUT2D eigenvalue weighted by atomic mass is 10.0. The van der Waals surface area contributed by atoms with E-state index in [1.54, 1.807) is 38.3 Å². The third-order valence-corrected chi connectivity index (χ3v) is 4.49. The van der Waals surface area contributed by atoms with Crippen LogP contribution in [0.2, 0.25) is 0 Å². The number of fused-ring (bicyclic) bond motifs is 3. The largest absolute Gasteiger partial charge is 0.497 e. The van der Waals surface area contributed by atoms with Crippen LogP contribution in [0, 0.1) is 13.8 Å². The monoisotopic (exact) mass is 332 g/mol. The highest BCUT2D eigenvalue weighted by atomic mass is 16.5. The van der Waals surface area contributed by atoms with Gasteiger partial charge in [0.1, 0.15) is 5.75 Å². The summed E-state index contributed by atoms with van der Waals surface area (Å²) in [5.74, 6) is 0.0177. The number of hydrogen-bond acceptors (Lipinski definition) is 4. The number of carbonyl (C=O) groups excluding carboxylic acids is 2. The molecule has 124 valence electrons. The quantitative estimate of drug-likeness (QED) is 0.672. The molecule has 2 amide bonds. The second-order valence-electron chi connectivity index (χ2n) is 6.11. The fourth-order valence-electron chi connectivity index (χ4n) is 3.27. The summed E-state index contributed by atoms with van der Waals surface area (Å²) in [5.41, 5.74) is 3.65. The van der Waals surface area contributed by atoms with Gasteiger partial charge in [0.05, 0.1) is 35.1 Å². The number of aryl methyl sites for hydroxylation is 2. The number of carbonyl (C=O) groups is 2. The minimum atomic E-state index is -0.335. The molecule has 25 heavy (non-hydrogen) atoms. The first-order chi connectivity index (χ1) is 12.0. The van der Waals surface area contributed by atoms with Crippen molar-refractivity contribution in [3.8, 4) is 5.75 Å². The maximum absolute atomic E-state index is 13.1. The smallest absolute Gasteiger partial charge is 0.268 e. The molecule has 2 heterocycles. The summed E-state index contributed by atoms with van der Waals surface area (Å²) in [6.45, 7) is 3.72. The van der Waals surface area contributed by atoms with Crippen molar-refractivity contribution in [2.24, 2.45) is 0 Å². The Balaban J connectivity index is 1.93. The molecule has 1 aromatic heterocycles. The molecule has 2 aromatic carbocycles. The number of methoxy groups -OCH3 is 1. The van der Waals surface area contributed by atoms with Gasteiger partial charge in [-0.1, -0.05) is 11.6 Å². The summed E-state index contributed by atoms with van der Waals surface area (Å²) in [6.07, 6.45) is 0. The zero-order valence-electron chi connectivity index (χ0n) is 14.2. The van der Waals surface area contributed by atoms with Crippen molar-refractivity contribution in [1.82, 2.24) is 4.98 Å². The Labute approximate surface area is 144 Å². The number of aromatic nitrogens is 1. The summed E-state index contributed by atoms with van der Waals surface area (Å²) in [5, 5.41) is 0.718. The van der Waals surface area contributed by atoms with Crippen LogP contribution in [-0.4, -0.2) is 23.9 Å². The molecule has 4 rings (SSSR count). The fraction of sp³-hybridized carbons (Fsp3) is 0.150. The second-order valence-corrected chi connectivity index (χ2v) is 6.11. The molecule has 0 N–H and O–H groups in total. The van der Waals surface area contributed by atoms with E-state index >= 15 is 0 Å². The summed E-state index contributed by atoms with van der Waals surface area (Å²) < 4.78 is 5.14. The van der Waals surface area contributed by atoms with Gasteiger partial charge in [0.25, 0.3) is 11.8 Å². The summed E-state index contributed by atoms with van der Waals surface area (Å²) in [4.78, 5) is 31.7.